The van der Waals surface area contributed by atoms with Crippen LogP contribution in [0.1, 0.15) is 22.3 Å². The third-order valence-corrected chi connectivity index (χ3v) is 7.00. The first-order valence-electron chi connectivity index (χ1n) is 11.6. The molecule has 12 heteroatoms. The van der Waals surface area contributed by atoms with Crippen LogP contribution in [0.25, 0.3) is 0 Å². The molecule has 2 atom stereocenters. The summed E-state index contributed by atoms with van der Waals surface area (Å²) in [5.41, 5.74) is 0.787. The van der Waals surface area contributed by atoms with Crippen molar-refractivity contribution < 1.29 is 37.0 Å². The van der Waals surface area contributed by atoms with Gasteiger partial charge in [0.25, 0.3) is 5.91 Å². The molecule has 0 spiro atoms. The fraction of sp³-hybridized carbons (Fsp3) is 0.440. The molecule has 2 aliphatic heterocycles. The molecule has 2 aromatic rings. The number of hydrogen-bond acceptors (Lipinski definition) is 6. The topological polar surface area (TPSA) is 82.1 Å². The normalized spacial score (nSPS) is 18.8. The lowest BCUT2D eigenvalue weighted by Gasteiger charge is -2.22. The van der Waals surface area contributed by atoms with Crippen LogP contribution in [0.3, 0.4) is 0 Å². The van der Waals surface area contributed by atoms with Crippen LogP contribution in [-0.2, 0) is 11.2 Å². The third kappa shape index (κ3) is 7.59. The number of likely N-dealkylation sites (tertiary alicyclic amines) is 2. The van der Waals surface area contributed by atoms with Gasteiger partial charge in [-0.05, 0) is 61.3 Å². The maximum absolute atomic E-state index is 14.5. The summed E-state index contributed by atoms with van der Waals surface area (Å²) in [7, 11) is 2.73. The highest BCUT2D eigenvalue weighted by molar-refractivity contribution is 7.97. The third-order valence-electron chi connectivity index (χ3n) is 6.30. The van der Waals surface area contributed by atoms with Gasteiger partial charge in [-0.1, -0.05) is 12.1 Å². The molecule has 37 heavy (non-hydrogen) atoms. The maximum atomic E-state index is 14.5. The number of ether oxygens (including phenoxy) is 1. The monoisotopic (exact) mass is 543 g/mol. The van der Waals surface area contributed by atoms with E-state index in [4.69, 9.17) is 5.11 Å². The van der Waals surface area contributed by atoms with Gasteiger partial charge in [-0.25, -0.2) is 4.39 Å². The molecule has 2 fully saturated rings. The number of amides is 2. The zero-order valence-corrected chi connectivity index (χ0v) is 21.2. The molecule has 2 aliphatic rings. The Labute approximate surface area is 216 Å². The van der Waals surface area contributed by atoms with E-state index in [1.54, 1.807) is 22.9 Å². The number of aryl methyl sites for hydroxylation is 1. The molecule has 0 bridgehead atoms. The molecular formula is C25H29F4N3O4S. The summed E-state index contributed by atoms with van der Waals surface area (Å²) >= 11 is 1.26. The van der Waals surface area contributed by atoms with Crippen LogP contribution in [0.2, 0.25) is 0 Å². The molecule has 7 nitrogen and oxygen atoms in total. The Morgan fingerprint density at radius 1 is 1.03 bits per heavy atom. The Hall–Kier alpha value is -2.83. The number of benzene rings is 2. The highest BCUT2D eigenvalue weighted by Crippen LogP contribution is 2.33. The number of aliphatic hydroxyl groups is 1. The summed E-state index contributed by atoms with van der Waals surface area (Å²) < 4.78 is 58.0. The lowest BCUT2D eigenvalue weighted by atomic mass is 10.0. The molecule has 2 saturated heterocycles. The second-order valence-corrected chi connectivity index (χ2v) is 9.75. The van der Waals surface area contributed by atoms with Crippen molar-refractivity contribution in [1.82, 2.24) is 14.5 Å². The second-order valence-electron chi connectivity index (χ2n) is 8.67. The Morgan fingerprint density at radius 2 is 1.62 bits per heavy atom. The number of nitrogens with one attached hydrogen (secondary N) is 1. The highest BCUT2D eigenvalue weighted by atomic mass is 32.2. The van der Waals surface area contributed by atoms with Crippen molar-refractivity contribution >= 4 is 23.8 Å². The average molecular weight is 544 g/mol. The summed E-state index contributed by atoms with van der Waals surface area (Å²) in [6.07, 6.45) is -4.10. The predicted octanol–water partition coefficient (Wildman–Crippen LogP) is 3.72. The summed E-state index contributed by atoms with van der Waals surface area (Å²) in [6, 6.07) is 10.0. The first kappa shape index (κ1) is 28.7. The van der Waals surface area contributed by atoms with E-state index in [0.717, 1.165) is 12.7 Å². The van der Waals surface area contributed by atoms with Crippen molar-refractivity contribution in [3.8, 4) is 5.75 Å². The molecule has 2 unspecified atom stereocenters. The van der Waals surface area contributed by atoms with Crippen LogP contribution in [0.5, 0.6) is 5.75 Å². The van der Waals surface area contributed by atoms with Crippen LogP contribution in [0, 0.1) is 17.7 Å². The minimum Gasteiger partial charge on any atom is -0.406 e. The van der Waals surface area contributed by atoms with Gasteiger partial charge in [-0.3, -0.25) is 14.3 Å². The Bertz CT molecular complexity index is 1070. The molecule has 2 N–H and O–H groups in total. The van der Waals surface area contributed by atoms with Gasteiger partial charge in [0.2, 0.25) is 5.91 Å². The van der Waals surface area contributed by atoms with Gasteiger partial charge >= 0.3 is 6.36 Å². The largest absolute Gasteiger partial charge is 0.573 e. The van der Waals surface area contributed by atoms with Gasteiger partial charge in [-0.15, -0.1) is 13.2 Å². The number of fused-ring (bicyclic) bond motifs is 1. The zero-order valence-electron chi connectivity index (χ0n) is 20.4. The van der Waals surface area contributed by atoms with Crippen molar-refractivity contribution in [2.45, 2.75) is 24.1 Å². The van der Waals surface area contributed by atoms with Crippen molar-refractivity contribution in [3.05, 3.63) is 59.4 Å². The summed E-state index contributed by atoms with van der Waals surface area (Å²) in [6.45, 7) is 2.01. The molecule has 4 rings (SSSR count). The number of hydrogen-bond donors (Lipinski definition) is 2. The first-order valence-corrected chi connectivity index (χ1v) is 12.4. The summed E-state index contributed by atoms with van der Waals surface area (Å²) in [4.78, 5) is 29.7. The number of carbonyl (C=O) groups is 2. The zero-order chi connectivity index (χ0) is 27.2. The van der Waals surface area contributed by atoms with Crippen LogP contribution < -0.4 is 9.46 Å². The lowest BCUT2D eigenvalue weighted by Crippen LogP contribution is -2.36. The number of nitrogens with zero attached hydrogens (tertiary/aromatic N) is 2. The van der Waals surface area contributed by atoms with Gasteiger partial charge in [-0.2, -0.15) is 0 Å². The number of rotatable bonds is 7. The molecule has 2 amide bonds. The van der Waals surface area contributed by atoms with Crippen LogP contribution in [0.15, 0.2) is 47.4 Å². The van der Waals surface area contributed by atoms with E-state index < -0.39 is 12.2 Å². The first-order chi connectivity index (χ1) is 17.6. The molecule has 2 heterocycles. The molecule has 202 valence electrons. The van der Waals surface area contributed by atoms with E-state index in [0.29, 0.717) is 37.5 Å². The highest BCUT2D eigenvalue weighted by Gasteiger charge is 2.43. The Morgan fingerprint density at radius 3 is 2.16 bits per heavy atom. The van der Waals surface area contributed by atoms with E-state index in [1.807, 2.05) is 0 Å². The van der Waals surface area contributed by atoms with Crippen molar-refractivity contribution in [1.29, 1.82) is 0 Å². The Balaban J connectivity index is 0.00000186. The molecule has 0 aromatic heterocycles. The molecular weight excluding hydrogens is 514 g/mol. The fourth-order valence-corrected chi connectivity index (χ4v) is 5.18. The predicted molar refractivity (Wildman–Crippen MR) is 130 cm³/mol. The SMILES string of the molecule is CNSc1ccc(C(=O)N2CC3CN(C(=O)CCc4ccc(OC(F)(F)F)cc4)CC3C2)c(F)c1.CO. The molecule has 2 aromatic carbocycles. The van der Waals surface area contributed by atoms with Crippen LogP contribution in [-0.4, -0.2) is 73.4 Å². The molecule has 0 radical (unpaired) electrons. The van der Waals surface area contributed by atoms with Gasteiger partial charge in [0.15, 0.2) is 0 Å². The lowest BCUT2D eigenvalue weighted by molar-refractivity contribution is -0.274. The van der Waals surface area contributed by atoms with Gasteiger partial charge in [0.1, 0.15) is 11.6 Å². The smallest absolute Gasteiger partial charge is 0.406 e. The van der Waals surface area contributed by atoms with Crippen LogP contribution in [0.4, 0.5) is 17.6 Å². The van der Waals surface area contributed by atoms with E-state index in [-0.39, 0.29) is 41.4 Å². The average Bonchev–Trinajstić information content (AvgIpc) is 3.43. The van der Waals surface area contributed by atoms with Crippen molar-refractivity contribution in [2.75, 3.05) is 40.3 Å². The Kier molecular flexibility index (Phi) is 9.80. The van der Waals surface area contributed by atoms with E-state index in [2.05, 4.69) is 9.46 Å². The van der Waals surface area contributed by atoms with Crippen molar-refractivity contribution in [2.24, 2.45) is 11.8 Å². The van der Waals surface area contributed by atoms with Gasteiger partial charge < -0.3 is 19.6 Å². The molecule has 0 aliphatic carbocycles. The van der Waals surface area contributed by atoms with Gasteiger partial charge in [0.05, 0.1) is 5.56 Å². The number of halogens is 4. The summed E-state index contributed by atoms with van der Waals surface area (Å²) in [5.74, 6) is -0.938. The minimum atomic E-state index is -4.74. The van der Waals surface area contributed by atoms with E-state index in [1.165, 1.54) is 48.3 Å². The summed E-state index contributed by atoms with van der Waals surface area (Å²) in [5, 5.41) is 7.00. The molecule has 0 saturated carbocycles. The maximum Gasteiger partial charge on any atom is 0.573 e. The standard InChI is InChI=1S/C24H25F4N3O3S.CH4O/c1-29-35-19-7-8-20(21(25)10-19)23(33)31-13-16-11-30(12-17(16)14-31)22(32)9-4-15-2-5-18(6-3-15)34-24(26,27)28;1-2/h2-3,5-8,10,16-17,29H,4,9,11-14H2,1H3;2H,1H3. The van der Waals surface area contributed by atoms with E-state index in [9.17, 15) is 27.2 Å². The second kappa shape index (κ2) is 12.6. The van der Waals surface area contributed by atoms with Gasteiger partial charge in [0, 0.05) is 56.4 Å². The number of carbonyl (C=O) groups excluding carboxylic acids is 2. The van der Waals surface area contributed by atoms with Crippen LogP contribution >= 0.6 is 11.9 Å². The fourth-order valence-electron chi connectivity index (χ4n) is 4.65. The number of aliphatic hydroxyl groups excluding tert-OH is 1. The minimum absolute atomic E-state index is 0.0310. The quantitative estimate of drug-likeness (QED) is 0.409. The van der Waals surface area contributed by atoms with Crippen molar-refractivity contribution in [3.63, 3.8) is 0 Å². The number of alkyl halides is 3. The van der Waals surface area contributed by atoms with E-state index >= 15 is 0 Å².